The highest BCUT2D eigenvalue weighted by Gasteiger charge is 2.26. The second-order valence-electron chi connectivity index (χ2n) is 5.81. The lowest BCUT2D eigenvalue weighted by Gasteiger charge is -2.28. The van der Waals surface area contributed by atoms with Crippen molar-refractivity contribution in [1.29, 1.82) is 0 Å². The first-order valence-electron chi connectivity index (χ1n) is 7.03. The van der Waals surface area contributed by atoms with Crippen LogP contribution in [0.1, 0.15) is 26.7 Å². The Morgan fingerprint density at radius 2 is 2.28 bits per heavy atom. The minimum Gasteiger partial charge on any atom is -0.443 e. The molecule has 2 fully saturated rings. The van der Waals surface area contributed by atoms with Crippen LogP contribution < -0.4 is 10.6 Å². The average Bonchev–Trinajstić information content (AvgIpc) is 2.89. The summed E-state index contributed by atoms with van der Waals surface area (Å²) in [7, 11) is 0. The summed E-state index contributed by atoms with van der Waals surface area (Å²) in [6.07, 6.45) is 2.28. The molecule has 1 amide bonds. The Morgan fingerprint density at radius 1 is 1.44 bits per heavy atom. The molecular formula is C13H25N3O2. The van der Waals surface area contributed by atoms with Crippen molar-refractivity contribution in [1.82, 2.24) is 15.5 Å². The van der Waals surface area contributed by atoms with E-state index in [0.29, 0.717) is 18.5 Å². The van der Waals surface area contributed by atoms with Crippen molar-refractivity contribution in [3.63, 3.8) is 0 Å². The van der Waals surface area contributed by atoms with Crippen LogP contribution in [0.4, 0.5) is 4.79 Å². The number of cyclic esters (lactones) is 1. The van der Waals surface area contributed by atoms with Crippen molar-refractivity contribution in [2.75, 3.05) is 32.7 Å². The van der Waals surface area contributed by atoms with Gasteiger partial charge in [-0.1, -0.05) is 13.8 Å². The molecule has 2 aliphatic heterocycles. The van der Waals surface area contributed by atoms with E-state index in [1.165, 1.54) is 12.8 Å². The fourth-order valence-corrected chi connectivity index (χ4v) is 2.79. The van der Waals surface area contributed by atoms with Crippen LogP contribution in [0.3, 0.4) is 0 Å². The normalized spacial score (nSPS) is 27.9. The van der Waals surface area contributed by atoms with Crippen molar-refractivity contribution < 1.29 is 9.53 Å². The first-order chi connectivity index (χ1) is 8.63. The molecule has 2 rings (SSSR count). The van der Waals surface area contributed by atoms with Gasteiger partial charge in [0.25, 0.3) is 0 Å². The minimum atomic E-state index is -0.275. The Labute approximate surface area is 109 Å². The van der Waals surface area contributed by atoms with Crippen LogP contribution in [0.5, 0.6) is 0 Å². The minimum absolute atomic E-state index is 0.0117. The second-order valence-corrected chi connectivity index (χ2v) is 5.81. The van der Waals surface area contributed by atoms with Gasteiger partial charge in [0.05, 0.1) is 6.54 Å². The van der Waals surface area contributed by atoms with Crippen LogP contribution in [0, 0.1) is 5.92 Å². The van der Waals surface area contributed by atoms with Gasteiger partial charge in [-0.05, 0) is 25.3 Å². The summed E-state index contributed by atoms with van der Waals surface area (Å²) in [4.78, 5) is 13.5. The summed E-state index contributed by atoms with van der Waals surface area (Å²) < 4.78 is 5.23. The SMILES string of the molecule is CC(C)CN(CC1CCCN1)CC1CNC(=O)O1. The molecule has 0 aromatic carbocycles. The monoisotopic (exact) mass is 255 g/mol. The largest absolute Gasteiger partial charge is 0.443 e. The number of hydrogen-bond donors (Lipinski definition) is 2. The van der Waals surface area contributed by atoms with Crippen LogP contribution >= 0.6 is 0 Å². The number of ether oxygens (including phenoxy) is 1. The average molecular weight is 255 g/mol. The first-order valence-corrected chi connectivity index (χ1v) is 7.03. The molecular weight excluding hydrogens is 230 g/mol. The molecule has 2 saturated heterocycles. The molecule has 2 unspecified atom stereocenters. The fourth-order valence-electron chi connectivity index (χ4n) is 2.79. The molecule has 0 spiro atoms. The Balaban J connectivity index is 1.81. The van der Waals surface area contributed by atoms with Gasteiger partial charge in [0, 0.05) is 25.7 Å². The second kappa shape index (κ2) is 6.38. The van der Waals surface area contributed by atoms with Crippen molar-refractivity contribution in [3.8, 4) is 0 Å². The van der Waals surface area contributed by atoms with E-state index in [4.69, 9.17) is 4.74 Å². The number of carbonyl (C=O) groups is 1. The number of carbonyl (C=O) groups excluding carboxylic acids is 1. The van der Waals surface area contributed by atoms with E-state index in [9.17, 15) is 4.79 Å². The lowest BCUT2D eigenvalue weighted by Crippen LogP contribution is -2.43. The van der Waals surface area contributed by atoms with Gasteiger partial charge in [-0.15, -0.1) is 0 Å². The smallest absolute Gasteiger partial charge is 0.407 e. The summed E-state index contributed by atoms with van der Waals surface area (Å²) in [6.45, 7) is 9.21. The van der Waals surface area contributed by atoms with Crippen LogP contribution in [0.15, 0.2) is 0 Å². The van der Waals surface area contributed by atoms with E-state index >= 15 is 0 Å². The number of amides is 1. The molecule has 2 aliphatic rings. The number of nitrogens with one attached hydrogen (secondary N) is 2. The molecule has 0 bridgehead atoms. The van der Waals surface area contributed by atoms with E-state index in [1.807, 2.05) is 0 Å². The van der Waals surface area contributed by atoms with Gasteiger partial charge in [0.1, 0.15) is 6.10 Å². The number of nitrogens with zero attached hydrogens (tertiary/aromatic N) is 1. The zero-order valence-corrected chi connectivity index (χ0v) is 11.4. The van der Waals surface area contributed by atoms with Gasteiger partial charge in [-0.3, -0.25) is 4.90 Å². The molecule has 5 heteroatoms. The molecule has 0 radical (unpaired) electrons. The molecule has 0 saturated carbocycles. The summed E-state index contributed by atoms with van der Waals surface area (Å²) in [5.41, 5.74) is 0. The Bertz CT molecular complexity index is 277. The van der Waals surface area contributed by atoms with E-state index in [1.54, 1.807) is 0 Å². The van der Waals surface area contributed by atoms with Crippen molar-refractivity contribution in [2.45, 2.75) is 38.8 Å². The Hall–Kier alpha value is -0.810. The third-order valence-corrected chi connectivity index (χ3v) is 3.47. The molecule has 5 nitrogen and oxygen atoms in total. The van der Waals surface area contributed by atoms with Gasteiger partial charge >= 0.3 is 6.09 Å². The molecule has 2 heterocycles. The molecule has 0 aliphatic carbocycles. The van der Waals surface area contributed by atoms with Crippen LogP contribution in [-0.2, 0) is 4.74 Å². The molecule has 2 atom stereocenters. The highest BCUT2D eigenvalue weighted by Crippen LogP contribution is 2.11. The van der Waals surface area contributed by atoms with Crippen LogP contribution in [0.25, 0.3) is 0 Å². The summed E-state index contributed by atoms with van der Waals surface area (Å²) in [5, 5.41) is 6.25. The predicted octanol–water partition coefficient (Wildman–Crippen LogP) is 0.805. The number of rotatable bonds is 6. The number of alkyl carbamates (subject to hydrolysis) is 1. The molecule has 0 aromatic heterocycles. The Morgan fingerprint density at radius 3 is 2.83 bits per heavy atom. The topological polar surface area (TPSA) is 53.6 Å². The maximum absolute atomic E-state index is 11.0. The molecule has 104 valence electrons. The third-order valence-electron chi connectivity index (χ3n) is 3.47. The van der Waals surface area contributed by atoms with Gasteiger partial charge in [0.15, 0.2) is 0 Å². The van der Waals surface area contributed by atoms with Gasteiger partial charge in [0.2, 0.25) is 0 Å². The quantitative estimate of drug-likeness (QED) is 0.737. The lowest BCUT2D eigenvalue weighted by molar-refractivity contribution is 0.1000. The summed E-state index contributed by atoms with van der Waals surface area (Å²) in [5.74, 6) is 0.636. The third kappa shape index (κ3) is 4.14. The predicted molar refractivity (Wildman–Crippen MR) is 70.6 cm³/mol. The lowest BCUT2D eigenvalue weighted by atomic mass is 10.1. The maximum atomic E-state index is 11.0. The van der Waals surface area contributed by atoms with Crippen LogP contribution in [-0.4, -0.2) is 55.9 Å². The number of hydrogen-bond acceptors (Lipinski definition) is 4. The van der Waals surface area contributed by atoms with E-state index in [-0.39, 0.29) is 12.2 Å². The maximum Gasteiger partial charge on any atom is 0.407 e. The highest BCUT2D eigenvalue weighted by molar-refractivity contribution is 5.69. The summed E-state index contributed by atoms with van der Waals surface area (Å²) in [6, 6.07) is 0.605. The summed E-state index contributed by atoms with van der Waals surface area (Å²) >= 11 is 0. The van der Waals surface area contributed by atoms with Gasteiger partial charge in [-0.25, -0.2) is 4.79 Å². The fraction of sp³-hybridized carbons (Fsp3) is 0.923. The van der Waals surface area contributed by atoms with Crippen molar-refractivity contribution >= 4 is 6.09 Å². The van der Waals surface area contributed by atoms with E-state index in [0.717, 1.165) is 26.2 Å². The first kappa shape index (κ1) is 13.6. The van der Waals surface area contributed by atoms with Gasteiger partial charge < -0.3 is 15.4 Å². The van der Waals surface area contributed by atoms with Gasteiger partial charge in [-0.2, -0.15) is 0 Å². The molecule has 0 aromatic rings. The highest BCUT2D eigenvalue weighted by atomic mass is 16.6. The Kier molecular flexibility index (Phi) is 4.83. The van der Waals surface area contributed by atoms with Crippen LogP contribution in [0.2, 0.25) is 0 Å². The zero-order chi connectivity index (χ0) is 13.0. The van der Waals surface area contributed by atoms with E-state index < -0.39 is 0 Å². The van der Waals surface area contributed by atoms with Crippen molar-refractivity contribution in [3.05, 3.63) is 0 Å². The zero-order valence-electron chi connectivity index (χ0n) is 11.4. The van der Waals surface area contributed by atoms with Crippen molar-refractivity contribution in [2.24, 2.45) is 5.92 Å². The molecule has 2 N–H and O–H groups in total. The standard InChI is InChI=1S/C13H25N3O2/c1-10(2)7-16(8-11-4-3-5-14-11)9-12-6-15-13(17)18-12/h10-12,14H,3-9H2,1-2H3,(H,15,17). The van der Waals surface area contributed by atoms with E-state index in [2.05, 4.69) is 29.4 Å². The molecule has 18 heavy (non-hydrogen) atoms.